The van der Waals surface area contributed by atoms with Gasteiger partial charge in [0.05, 0.1) is 12.5 Å². The third-order valence-corrected chi connectivity index (χ3v) is 4.80. The van der Waals surface area contributed by atoms with Gasteiger partial charge in [0, 0.05) is 45.5 Å². The van der Waals surface area contributed by atoms with Crippen molar-refractivity contribution in [2.24, 2.45) is 11.8 Å². The fourth-order valence-electron chi connectivity index (χ4n) is 3.49. The molecule has 1 aromatic rings. The van der Waals surface area contributed by atoms with Crippen molar-refractivity contribution in [3.8, 4) is 0 Å². The first kappa shape index (κ1) is 16.4. The molecule has 2 aliphatic rings. The zero-order chi connectivity index (χ0) is 17.1. The zero-order valence-electron chi connectivity index (χ0n) is 13.8. The van der Waals surface area contributed by atoms with Crippen molar-refractivity contribution in [3.63, 3.8) is 0 Å². The van der Waals surface area contributed by atoms with Gasteiger partial charge in [0.15, 0.2) is 0 Å². The summed E-state index contributed by atoms with van der Waals surface area (Å²) in [5, 5.41) is 2.52. The SMILES string of the molecule is CC(=O)NCC(=O)N1CC2CCN(Cc3ccncc3)C(=O)C2C1. The van der Waals surface area contributed by atoms with E-state index in [-0.39, 0.29) is 36.1 Å². The minimum absolute atomic E-state index is 0.00366. The first-order valence-corrected chi connectivity index (χ1v) is 8.24. The minimum atomic E-state index is -0.223. The van der Waals surface area contributed by atoms with Crippen LogP contribution < -0.4 is 5.32 Å². The largest absolute Gasteiger partial charge is 0.347 e. The maximum atomic E-state index is 12.7. The van der Waals surface area contributed by atoms with Crippen LogP contribution in [0, 0.1) is 11.8 Å². The third-order valence-electron chi connectivity index (χ3n) is 4.80. The number of hydrogen-bond acceptors (Lipinski definition) is 4. The molecule has 128 valence electrons. The molecule has 2 saturated heterocycles. The lowest BCUT2D eigenvalue weighted by Crippen LogP contribution is -2.44. The van der Waals surface area contributed by atoms with E-state index in [0.717, 1.165) is 18.5 Å². The predicted molar refractivity (Wildman–Crippen MR) is 86.5 cm³/mol. The molecule has 0 radical (unpaired) electrons. The number of nitrogens with zero attached hydrogens (tertiary/aromatic N) is 3. The van der Waals surface area contributed by atoms with Crippen LogP contribution in [0.25, 0.3) is 0 Å². The van der Waals surface area contributed by atoms with E-state index in [4.69, 9.17) is 0 Å². The summed E-state index contributed by atoms with van der Waals surface area (Å²) >= 11 is 0. The van der Waals surface area contributed by atoms with Gasteiger partial charge < -0.3 is 15.1 Å². The van der Waals surface area contributed by atoms with Crippen LogP contribution in [0.2, 0.25) is 0 Å². The normalized spacial score (nSPS) is 23.1. The third kappa shape index (κ3) is 3.55. The summed E-state index contributed by atoms with van der Waals surface area (Å²) in [6.07, 6.45) is 4.36. The molecule has 0 spiro atoms. The van der Waals surface area contributed by atoms with Gasteiger partial charge in [-0.05, 0) is 30.0 Å². The molecule has 0 bridgehead atoms. The maximum absolute atomic E-state index is 12.7. The Hall–Kier alpha value is -2.44. The second kappa shape index (κ2) is 6.98. The van der Waals surface area contributed by atoms with Crippen molar-refractivity contribution in [1.82, 2.24) is 20.1 Å². The van der Waals surface area contributed by atoms with E-state index in [1.165, 1.54) is 6.92 Å². The molecule has 2 fully saturated rings. The van der Waals surface area contributed by atoms with Crippen LogP contribution in [0.1, 0.15) is 18.9 Å². The summed E-state index contributed by atoms with van der Waals surface area (Å²) < 4.78 is 0. The van der Waals surface area contributed by atoms with Gasteiger partial charge >= 0.3 is 0 Å². The number of likely N-dealkylation sites (tertiary alicyclic amines) is 2. The lowest BCUT2D eigenvalue weighted by molar-refractivity contribution is -0.140. The van der Waals surface area contributed by atoms with Gasteiger partial charge in [0.1, 0.15) is 0 Å². The smallest absolute Gasteiger partial charge is 0.241 e. The van der Waals surface area contributed by atoms with Gasteiger partial charge in [0.25, 0.3) is 0 Å². The number of carbonyl (C=O) groups excluding carboxylic acids is 3. The van der Waals surface area contributed by atoms with Crippen molar-refractivity contribution < 1.29 is 14.4 Å². The average Bonchev–Trinajstić information content (AvgIpc) is 3.01. The summed E-state index contributed by atoms with van der Waals surface area (Å²) in [7, 11) is 0. The van der Waals surface area contributed by atoms with Crippen molar-refractivity contribution in [2.75, 3.05) is 26.2 Å². The van der Waals surface area contributed by atoms with E-state index in [2.05, 4.69) is 10.3 Å². The molecule has 1 N–H and O–H groups in total. The highest BCUT2D eigenvalue weighted by molar-refractivity contribution is 5.86. The van der Waals surface area contributed by atoms with Crippen molar-refractivity contribution >= 4 is 17.7 Å². The van der Waals surface area contributed by atoms with Gasteiger partial charge in [-0.25, -0.2) is 0 Å². The van der Waals surface area contributed by atoms with Crippen LogP contribution >= 0.6 is 0 Å². The zero-order valence-corrected chi connectivity index (χ0v) is 13.8. The van der Waals surface area contributed by atoms with Crippen molar-refractivity contribution in [2.45, 2.75) is 19.9 Å². The topological polar surface area (TPSA) is 82.6 Å². The molecule has 0 aliphatic carbocycles. The fraction of sp³-hybridized carbons (Fsp3) is 0.529. The Morgan fingerprint density at radius 2 is 2.04 bits per heavy atom. The highest BCUT2D eigenvalue weighted by atomic mass is 16.2. The molecule has 2 unspecified atom stereocenters. The maximum Gasteiger partial charge on any atom is 0.241 e. The predicted octanol–water partition coefficient (Wildman–Crippen LogP) is 0.0246. The highest BCUT2D eigenvalue weighted by Gasteiger charge is 2.43. The number of aromatic nitrogens is 1. The minimum Gasteiger partial charge on any atom is -0.347 e. The summed E-state index contributed by atoms with van der Waals surface area (Å²) in [6.45, 7) is 3.76. The number of piperidine rings is 1. The number of amides is 3. The van der Waals surface area contributed by atoms with Gasteiger partial charge in [0.2, 0.25) is 17.7 Å². The van der Waals surface area contributed by atoms with E-state index >= 15 is 0 Å². The summed E-state index contributed by atoms with van der Waals surface area (Å²) in [4.78, 5) is 43.4. The molecule has 0 saturated carbocycles. The molecular formula is C17H22N4O3. The molecule has 3 amide bonds. The molecule has 1 aromatic heterocycles. The van der Waals surface area contributed by atoms with Crippen LogP contribution in [0.5, 0.6) is 0 Å². The molecule has 7 heteroatoms. The Morgan fingerprint density at radius 1 is 1.29 bits per heavy atom. The molecular weight excluding hydrogens is 308 g/mol. The molecule has 7 nitrogen and oxygen atoms in total. The van der Waals surface area contributed by atoms with E-state index in [9.17, 15) is 14.4 Å². The lowest BCUT2D eigenvalue weighted by Gasteiger charge is -2.33. The number of carbonyl (C=O) groups is 3. The van der Waals surface area contributed by atoms with Crippen LogP contribution in [0.15, 0.2) is 24.5 Å². The Morgan fingerprint density at radius 3 is 2.75 bits per heavy atom. The summed E-state index contributed by atoms with van der Waals surface area (Å²) in [5.74, 6) is -0.111. The highest BCUT2D eigenvalue weighted by Crippen LogP contribution is 2.32. The standard InChI is InChI=1S/C17H22N4O3/c1-12(22)19-8-16(23)21-10-14-4-7-20(17(24)15(14)11-21)9-13-2-5-18-6-3-13/h2-3,5-6,14-15H,4,7-11H2,1H3,(H,19,22). The second-order valence-electron chi connectivity index (χ2n) is 6.48. The van der Waals surface area contributed by atoms with Crippen molar-refractivity contribution in [3.05, 3.63) is 30.1 Å². The Bertz CT molecular complexity index is 634. The van der Waals surface area contributed by atoms with Crippen molar-refractivity contribution in [1.29, 1.82) is 0 Å². The Balaban J connectivity index is 1.59. The van der Waals surface area contributed by atoms with E-state index in [1.807, 2.05) is 17.0 Å². The number of fused-ring (bicyclic) bond motifs is 1. The van der Waals surface area contributed by atoms with Gasteiger partial charge in [-0.15, -0.1) is 0 Å². The van der Waals surface area contributed by atoms with Crippen LogP contribution in [-0.4, -0.2) is 58.7 Å². The monoisotopic (exact) mass is 330 g/mol. The van der Waals surface area contributed by atoms with Gasteiger partial charge in [-0.1, -0.05) is 0 Å². The molecule has 2 atom stereocenters. The summed E-state index contributed by atoms with van der Waals surface area (Å²) in [5.41, 5.74) is 1.06. The van der Waals surface area contributed by atoms with Crippen LogP contribution in [0.4, 0.5) is 0 Å². The van der Waals surface area contributed by atoms with Gasteiger partial charge in [-0.3, -0.25) is 19.4 Å². The first-order chi connectivity index (χ1) is 11.5. The molecule has 2 aliphatic heterocycles. The van der Waals surface area contributed by atoms with Crippen LogP contribution in [-0.2, 0) is 20.9 Å². The average molecular weight is 330 g/mol. The number of rotatable bonds is 4. The Kier molecular flexibility index (Phi) is 4.78. The Labute approximate surface area is 141 Å². The van der Waals surface area contributed by atoms with Gasteiger partial charge in [-0.2, -0.15) is 0 Å². The molecule has 24 heavy (non-hydrogen) atoms. The molecule has 0 aromatic carbocycles. The molecule has 3 heterocycles. The number of nitrogens with one attached hydrogen (secondary N) is 1. The summed E-state index contributed by atoms with van der Waals surface area (Å²) in [6, 6.07) is 3.83. The lowest BCUT2D eigenvalue weighted by atomic mass is 9.88. The molecule has 3 rings (SSSR count). The fourth-order valence-corrected chi connectivity index (χ4v) is 3.49. The van der Waals surface area contributed by atoms with Crippen LogP contribution in [0.3, 0.4) is 0 Å². The number of hydrogen-bond donors (Lipinski definition) is 1. The van der Waals surface area contributed by atoms with E-state index in [0.29, 0.717) is 19.6 Å². The van der Waals surface area contributed by atoms with E-state index in [1.54, 1.807) is 17.3 Å². The first-order valence-electron chi connectivity index (χ1n) is 8.24. The number of pyridine rings is 1. The quantitative estimate of drug-likeness (QED) is 0.844. The van der Waals surface area contributed by atoms with E-state index < -0.39 is 0 Å². The second-order valence-corrected chi connectivity index (χ2v) is 6.48.